The molecule has 32 heavy (non-hydrogen) atoms. The van der Waals surface area contributed by atoms with Gasteiger partial charge in [-0.1, -0.05) is 29.0 Å². The van der Waals surface area contributed by atoms with Gasteiger partial charge in [-0.3, -0.25) is 14.4 Å². The lowest BCUT2D eigenvalue weighted by atomic mass is 10.3. The number of carbonyl (C=O) groups excluding carboxylic acids is 1. The first kappa shape index (κ1) is 22.4. The van der Waals surface area contributed by atoms with Crippen molar-refractivity contribution in [2.24, 2.45) is 0 Å². The fraction of sp³-hybridized carbons (Fsp3) is 0.190. The molecule has 0 fully saturated rings. The third-order valence-electron chi connectivity index (χ3n) is 4.76. The monoisotopic (exact) mass is 492 g/mol. The molecule has 0 aliphatic rings. The van der Waals surface area contributed by atoms with Crippen molar-refractivity contribution in [2.45, 2.75) is 17.9 Å². The van der Waals surface area contributed by atoms with Crippen LogP contribution in [0.4, 0.5) is 9.52 Å². The SMILES string of the molecule is O=C(CCS(=O)(=O)c1ccc(F)cc1)N(CCn1cccn1)c1nc2c(Cl)cccc2s1. The third-order valence-corrected chi connectivity index (χ3v) is 7.84. The molecule has 2 aromatic heterocycles. The molecule has 0 unspecified atom stereocenters. The summed E-state index contributed by atoms with van der Waals surface area (Å²) in [6.45, 7) is 0.668. The molecule has 0 atom stereocenters. The first-order chi connectivity index (χ1) is 15.3. The van der Waals surface area contributed by atoms with Crippen LogP contribution >= 0.6 is 22.9 Å². The van der Waals surface area contributed by atoms with E-state index in [9.17, 15) is 17.6 Å². The van der Waals surface area contributed by atoms with Crippen molar-refractivity contribution < 1.29 is 17.6 Å². The lowest BCUT2D eigenvalue weighted by Gasteiger charge is -2.20. The summed E-state index contributed by atoms with van der Waals surface area (Å²) in [5.41, 5.74) is 0.588. The highest BCUT2D eigenvalue weighted by atomic mass is 35.5. The minimum atomic E-state index is -3.75. The van der Waals surface area contributed by atoms with Crippen molar-refractivity contribution in [1.29, 1.82) is 0 Å². The van der Waals surface area contributed by atoms with E-state index in [2.05, 4.69) is 10.1 Å². The Balaban J connectivity index is 1.56. The number of thiazole rings is 1. The van der Waals surface area contributed by atoms with Gasteiger partial charge in [-0.05, 0) is 42.5 Å². The Morgan fingerprint density at radius 3 is 2.62 bits per heavy atom. The van der Waals surface area contributed by atoms with Crippen LogP contribution in [0.15, 0.2) is 65.8 Å². The van der Waals surface area contributed by atoms with Crippen LogP contribution in [0.25, 0.3) is 10.2 Å². The number of amides is 1. The van der Waals surface area contributed by atoms with Gasteiger partial charge < -0.3 is 0 Å². The van der Waals surface area contributed by atoms with E-state index in [0.717, 1.165) is 16.8 Å². The maximum atomic E-state index is 13.1. The van der Waals surface area contributed by atoms with Crippen LogP contribution in [0.5, 0.6) is 0 Å². The Hall–Kier alpha value is -2.82. The standard InChI is InChI=1S/C21H18ClFN4O3S2/c22-17-3-1-4-18-20(17)25-21(31-18)27(13-12-26-11-2-10-24-26)19(28)9-14-32(29,30)16-7-5-15(23)6-8-16/h1-8,10-11H,9,12-14H2. The van der Waals surface area contributed by atoms with E-state index >= 15 is 0 Å². The molecule has 0 N–H and O–H groups in total. The average Bonchev–Trinajstić information content (AvgIpc) is 3.43. The minimum absolute atomic E-state index is 0.0263. The number of nitrogens with zero attached hydrogens (tertiary/aromatic N) is 4. The predicted octanol–water partition coefficient (Wildman–Crippen LogP) is 4.18. The van der Waals surface area contributed by atoms with Crippen LogP contribution in [-0.4, -0.2) is 41.4 Å². The van der Waals surface area contributed by atoms with Crippen LogP contribution in [0.2, 0.25) is 5.02 Å². The van der Waals surface area contributed by atoms with E-state index < -0.39 is 27.3 Å². The zero-order valence-corrected chi connectivity index (χ0v) is 19.1. The van der Waals surface area contributed by atoms with Gasteiger partial charge in [-0.2, -0.15) is 5.10 Å². The first-order valence-corrected chi connectivity index (χ1v) is 12.5. The van der Waals surface area contributed by atoms with Crippen molar-refractivity contribution in [3.63, 3.8) is 0 Å². The molecule has 0 bridgehead atoms. The Morgan fingerprint density at radius 2 is 1.94 bits per heavy atom. The van der Waals surface area contributed by atoms with Crippen molar-refractivity contribution in [3.05, 3.63) is 71.8 Å². The van der Waals surface area contributed by atoms with Gasteiger partial charge in [0, 0.05) is 25.4 Å². The molecular formula is C21H18ClFN4O3S2. The number of aromatic nitrogens is 3. The minimum Gasteiger partial charge on any atom is -0.286 e. The fourth-order valence-electron chi connectivity index (χ4n) is 3.10. The van der Waals surface area contributed by atoms with Crippen LogP contribution < -0.4 is 4.90 Å². The number of hydrogen-bond acceptors (Lipinski definition) is 6. The second kappa shape index (κ2) is 9.35. The molecular weight excluding hydrogens is 475 g/mol. The predicted molar refractivity (Wildman–Crippen MR) is 122 cm³/mol. The molecule has 4 rings (SSSR count). The Bertz CT molecular complexity index is 1340. The van der Waals surface area contributed by atoms with Crippen LogP contribution in [0.1, 0.15) is 6.42 Å². The number of carbonyl (C=O) groups is 1. The summed E-state index contributed by atoms with van der Waals surface area (Å²) in [5, 5.41) is 5.05. The summed E-state index contributed by atoms with van der Waals surface area (Å²) in [7, 11) is -3.75. The number of fused-ring (bicyclic) bond motifs is 1. The molecule has 0 saturated carbocycles. The molecule has 0 saturated heterocycles. The lowest BCUT2D eigenvalue weighted by molar-refractivity contribution is -0.118. The van der Waals surface area contributed by atoms with Crippen molar-refractivity contribution in [3.8, 4) is 0 Å². The van der Waals surface area contributed by atoms with E-state index in [-0.39, 0.29) is 17.9 Å². The highest BCUT2D eigenvalue weighted by Crippen LogP contribution is 2.33. The van der Waals surface area contributed by atoms with Gasteiger partial charge in [0.25, 0.3) is 0 Å². The van der Waals surface area contributed by atoms with E-state index in [1.165, 1.54) is 28.4 Å². The fourth-order valence-corrected chi connectivity index (χ4v) is 5.64. The highest BCUT2D eigenvalue weighted by Gasteiger charge is 2.23. The zero-order valence-electron chi connectivity index (χ0n) is 16.7. The number of benzene rings is 2. The number of sulfone groups is 1. The van der Waals surface area contributed by atoms with Crippen molar-refractivity contribution in [1.82, 2.24) is 14.8 Å². The van der Waals surface area contributed by atoms with Gasteiger partial charge in [0.1, 0.15) is 11.3 Å². The van der Waals surface area contributed by atoms with Gasteiger partial charge in [-0.15, -0.1) is 0 Å². The molecule has 11 heteroatoms. The van der Waals surface area contributed by atoms with E-state index in [0.29, 0.717) is 22.2 Å². The first-order valence-electron chi connectivity index (χ1n) is 9.65. The van der Waals surface area contributed by atoms with Gasteiger partial charge in [0.15, 0.2) is 15.0 Å². The van der Waals surface area contributed by atoms with Gasteiger partial charge in [-0.25, -0.2) is 17.8 Å². The number of halogens is 2. The summed E-state index contributed by atoms with van der Waals surface area (Å²) >= 11 is 7.54. The average molecular weight is 493 g/mol. The van der Waals surface area contributed by atoms with Gasteiger partial charge in [0.2, 0.25) is 5.91 Å². The van der Waals surface area contributed by atoms with Gasteiger partial charge >= 0.3 is 0 Å². The second-order valence-corrected chi connectivity index (χ2v) is 10.4. The van der Waals surface area contributed by atoms with Crippen molar-refractivity contribution in [2.75, 3.05) is 17.2 Å². The Labute approximate surface area is 193 Å². The summed E-state index contributed by atoms with van der Waals surface area (Å²) in [5.74, 6) is -1.32. The molecule has 2 heterocycles. The van der Waals surface area contributed by atoms with Crippen molar-refractivity contribution >= 4 is 54.0 Å². The smallest absolute Gasteiger partial charge is 0.229 e. The summed E-state index contributed by atoms with van der Waals surface area (Å²) in [6, 6.07) is 11.7. The third kappa shape index (κ3) is 4.98. The maximum absolute atomic E-state index is 13.1. The topological polar surface area (TPSA) is 85.2 Å². The lowest BCUT2D eigenvalue weighted by Crippen LogP contribution is -2.35. The number of hydrogen-bond donors (Lipinski definition) is 0. The Kier molecular flexibility index (Phi) is 6.54. The molecule has 0 aliphatic heterocycles. The molecule has 0 spiro atoms. The van der Waals surface area contributed by atoms with E-state index in [4.69, 9.17) is 11.6 Å². The molecule has 0 aliphatic carbocycles. The normalized spacial score (nSPS) is 11.7. The molecule has 166 valence electrons. The Morgan fingerprint density at radius 1 is 1.16 bits per heavy atom. The summed E-state index contributed by atoms with van der Waals surface area (Å²) < 4.78 is 40.8. The summed E-state index contributed by atoms with van der Waals surface area (Å²) in [4.78, 5) is 19.1. The largest absolute Gasteiger partial charge is 0.286 e. The number of rotatable bonds is 8. The van der Waals surface area contributed by atoms with Crippen LogP contribution in [0, 0.1) is 5.82 Å². The molecule has 7 nitrogen and oxygen atoms in total. The molecule has 1 amide bonds. The molecule has 4 aromatic rings. The van der Waals surface area contributed by atoms with Crippen LogP contribution in [-0.2, 0) is 21.2 Å². The van der Waals surface area contributed by atoms with E-state index in [1.807, 2.05) is 6.07 Å². The highest BCUT2D eigenvalue weighted by molar-refractivity contribution is 7.91. The second-order valence-electron chi connectivity index (χ2n) is 6.92. The maximum Gasteiger partial charge on any atom is 0.229 e. The number of para-hydroxylation sites is 1. The zero-order chi connectivity index (χ0) is 22.7. The summed E-state index contributed by atoms with van der Waals surface area (Å²) in [6.07, 6.45) is 3.16. The van der Waals surface area contributed by atoms with Crippen LogP contribution in [0.3, 0.4) is 0 Å². The quantitative estimate of drug-likeness (QED) is 0.344. The molecule has 0 radical (unpaired) electrons. The van der Waals surface area contributed by atoms with E-state index in [1.54, 1.807) is 35.3 Å². The van der Waals surface area contributed by atoms with Gasteiger partial charge in [0.05, 0.1) is 26.9 Å². The molecule has 2 aromatic carbocycles. The number of anilines is 1.